The number of alkyl halides is 1. The predicted octanol–water partition coefficient (Wildman–Crippen LogP) is 0.119. The van der Waals surface area contributed by atoms with Crippen molar-refractivity contribution < 1.29 is 9.18 Å². The molecule has 1 N–H and O–H groups in total. The van der Waals surface area contributed by atoms with E-state index < -0.39 is 6.67 Å². The minimum atomic E-state index is -0.557. The summed E-state index contributed by atoms with van der Waals surface area (Å²) in [6.07, 6.45) is 1.66. The molecule has 0 aliphatic heterocycles. The number of aromatic nitrogens is 2. The summed E-state index contributed by atoms with van der Waals surface area (Å²) in [4.78, 5) is 11.1. The molecule has 0 aliphatic carbocycles. The van der Waals surface area contributed by atoms with Gasteiger partial charge in [0.2, 0.25) is 0 Å². The van der Waals surface area contributed by atoms with E-state index in [1.807, 2.05) is 0 Å². The molecule has 0 saturated heterocycles. The normalized spacial score (nSPS) is 9.83. The Hall–Kier alpha value is -1.39. The van der Waals surface area contributed by atoms with Crippen LogP contribution in [0.1, 0.15) is 10.5 Å². The Labute approximate surface area is 69.4 Å². The molecular formula is C7H10FN3O. The zero-order valence-electron chi connectivity index (χ0n) is 6.75. The van der Waals surface area contributed by atoms with Gasteiger partial charge in [0.25, 0.3) is 5.91 Å². The van der Waals surface area contributed by atoms with E-state index in [-0.39, 0.29) is 12.5 Å². The molecule has 0 aromatic carbocycles. The molecule has 0 atom stereocenters. The first-order valence-corrected chi connectivity index (χ1v) is 3.58. The molecule has 1 aromatic rings. The molecule has 0 radical (unpaired) electrons. The average Bonchev–Trinajstić information content (AvgIpc) is 2.47. The van der Waals surface area contributed by atoms with Crippen LogP contribution in [0.15, 0.2) is 12.3 Å². The van der Waals surface area contributed by atoms with E-state index >= 15 is 0 Å². The van der Waals surface area contributed by atoms with E-state index in [2.05, 4.69) is 10.4 Å². The molecular weight excluding hydrogens is 161 g/mol. The Morgan fingerprint density at radius 2 is 2.58 bits per heavy atom. The maximum atomic E-state index is 11.6. The fourth-order valence-corrected chi connectivity index (χ4v) is 0.788. The molecule has 0 bridgehead atoms. The molecule has 0 saturated carbocycles. The van der Waals surface area contributed by atoms with Crippen molar-refractivity contribution in [3.63, 3.8) is 0 Å². The summed E-state index contributed by atoms with van der Waals surface area (Å²) in [7, 11) is 1.71. The lowest BCUT2D eigenvalue weighted by Gasteiger charge is -1.97. The third-order valence-corrected chi connectivity index (χ3v) is 1.33. The third kappa shape index (κ3) is 2.05. The van der Waals surface area contributed by atoms with Crippen LogP contribution in [0.3, 0.4) is 0 Å². The van der Waals surface area contributed by atoms with E-state index in [0.717, 1.165) is 0 Å². The second kappa shape index (κ2) is 3.85. The van der Waals surface area contributed by atoms with Gasteiger partial charge in [0.15, 0.2) is 0 Å². The van der Waals surface area contributed by atoms with Gasteiger partial charge in [0.1, 0.15) is 12.4 Å². The third-order valence-electron chi connectivity index (χ3n) is 1.33. The first-order chi connectivity index (χ1) is 5.74. The topological polar surface area (TPSA) is 46.9 Å². The van der Waals surface area contributed by atoms with Gasteiger partial charge in [0, 0.05) is 19.8 Å². The summed E-state index contributed by atoms with van der Waals surface area (Å²) in [5, 5.41) is 6.22. The van der Waals surface area contributed by atoms with Crippen molar-refractivity contribution in [2.45, 2.75) is 0 Å². The van der Waals surface area contributed by atoms with Crippen molar-refractivity contribution in [2.24, 2.45) is 7.05 Å². The van der Waals surface area contributed by atoms with E-state index in [0.29, 0.717) is 5.69 Å². The van der Waals surface area contributed by atoms with E-state index in [1.165, 1.54) is 4.68 Å². The molecule has 1 rings (SSSR count). The number of carbonyl (C=O) groups excluding carboxylic acids is 1. The Balaban J connectivity index is 2.53. The van der Waals surface area contributed by atoms with Gasteiger partial charge in [-0.2, -0.15) is 5.10 Å². The van der Waals surface area contributed by atoms with Crippen molar-refractivity contribution in [1.29, 1.82) is 0 Å². The molecule has 5 heteroatoms. The van der Waals surface area contributed by atoms with Crippen LogP contribution in [0, 0.1) is 0 Å². The Morgan fingerprint density at radius 3 is 3.08 bits per heavy atom. The zero-order chi connectivity index (χ0) is 8.97. The Bertz CT molecular complexity index is 271. The van der Waals surface area contributed by atoms with Gasteiger partial charge in [-0.15, -0.1) is 0 Å². The second-order valence-corrected chi connectivity index (χ2v) is 2.32. The smallest absolute Gasteiger partial charge is 0.271 e. The number of aryl methyl sites for hydroxylation is 1. The highest BCUT2D eigenvalue weighted by Crippen LogP contribution is 1.92. The van der Waals surface area contributed by atoms with E-state index in [9.17, 15) is 9.18 Å². The van der Waals surface area contributed by atoms with Gasteiger partial charge in [-0.05, 0) is 6.07 Å². The summed E-state index contributed by atoms with van der Waals surface area (Å²) in [6, 6.07) is 1.58. The number of hydrogen-bond acceptors (Lipinski definition) is 2. The molecule has 0 spiro atoms. The van der Waals surface area contributed by atoms with Gasteiger partial charge in [0.05, 0.1) is 0 Å². The first-order valence-electron chi connectivity index (χ1n) is 3.58. The fraction of sp³-hybridized carbons (Fsp3) is 0.429. The maximum absolute atomic E-state index is 11.6. The SMILES string of the molecule is Cn1ccc(C(=O)NCCF)n1. The van der Waals surface area contributed by atoms with Gasteiger partial charge >= 0.3 is 0 Å². The van der Waals surface area contributed by atoms with Gasteiger partial charge in [-0.25, -0.2) is 4.39 Å². The quantitative estimate of drug-likeness (QED) is 0.702. The molecule has 1 amide bonds. The summed E-state index contributed by atoms with van der Waals surface area (Å²) < 4.78 is 13.2. The maximum Gasteiger partial charge on any atom is 0.271 e. The van der Waals surface area contributed by atoms with Crippen molar-refractivity contribution >= 4 is 5.91 Å². The van der Waals surface area contributed by atoms with E-state index in [1.54, 1.807) is 19.3 Å². The van der Waals surface area contributed by atoms with Crippen LogP contribution in [-0.4, -0.2) is 28.9 Å². The molecule has 66 valence electrons. The van der Waals surface area contributed by atoms with Crippen molar-refractivity contribution in [2.75, 3.05) is 13.2 Å². The molecule has 4 nitrogen and oxygen atoms in total. The highest BCUT2D eigenvalue weighted by Gasteiger charge is 2.06. The van der Waals surface area contributed by atoms with Crippen LogP contribution in [-0.2, 0) is 7.05 Å². The highest BCUT2D eigenvalue weighted by molar-refractivity contribution is 5.92. The van der Waals surface area contributed by atoms with E-state index in [4.69, 9.17) is 0 Å². The van der Waals surface area contributed by atoms with Crippen LogP contribution in [0.4, 0.5) is 4.39 Å². The molecule has 0 fully saturated rings. The number of amides is 1. The summed E-state index contributed by atoms with van der Waals surface area (Å²) in [6.45, 7) is -0.520. The summed E-state index contributed by atoms with van der Waals surface area (Å²) >= 11 is 0. The minimum Gasteiger partial charge on any atom is -0.348 e. The predicted molar refractivity (Wildman–Crippen MR) is 41.5 cm³/mol. The Morgan fingerprint density at radius 1 is 1.83 bits per heavy atom. The average molecular weight is 171 g/mol. The highest BCUT2D eigenvalue weighted by atomic mass is 19.1. The molecule has 12 heavy (non-hydrogen) atoms. The Kier molecular flexibility index (Phi) is 2.79. The lowest BCUT2D eigenvalue weighted by Crippen LogP contribution is -2.25. The number of nitrogens with zero attached hydrogens (tertiary/aromatic N) is 2. The largest absolute Gasteiger partial charge is 0.348 e. The van der Waals surface area contributed by atoms with Crippen molar-refractivity contribution in [1.82, 2.24) is 15.1 Å². The molecule has 0 aliphatic rings. The minimum absolute atomic E-state index is 0.0371. The van der Waals surface area contributed by atoms with Crippen molar-refractivity contribution in [3.8, 4) is 0 Å². The number of carbonyl (C=O) groups is 1. The van der Waals surface area contributed by atoms with Crippen molar-refractivity contribution in [3.05, 3.63) is 18.0 Å². The summed E-state index contributed by atoms with van der Waals surface area (Å²) in [5.74, 6) is -0.340. The van der Waals surface area contributed by atoms with Gasteiger partial charge in [-0.3, -0.25) is 9.48 Å². The van der Waals surface area contributed by atoms with Crippen LogP contribution in [0.5, 0.6) is 0 Å². The number of halogens is 1. The zero-order valence-corrected chi connectivity index (χ0v) is 6.75. The number of hydrogen-bond donors (Lipinski definition) is 1. The fourth-order valence-electron chi connectivity index (χ4n) is 0.788. The molecule has 0 unspecified atom stereocenters. The standard InChI is InChI=1S/C7H10FN3O/c1-11-5-2-6(10-11)7(12)9-4-3-8/h2,5H,3-4H2,1H3,(H,9,12). The van der Waals surface area contributed by atoms with Crippen LogP contribution < -0.4 is 5.32 Å². The lowest BCUT2D eigenvalue weighted by molar-refractivity contribution is 0.0945. The summed E-state index contributed by atoms with van der Waals surface area (Å²) in [5.41, 5.74) is 0.311. The van der Waals surface area contributed by atoms with Gasteiger partial charge in [-0.1, -0.05) is 0 Å². The van der Waals surface area contributed by atoms with Gasteiger partial charge < -0.3 is 5.32 Å². The second-order valence-electron chi connectivity index (χ2n) is 2.32. The number of rotatable bonds is 3. The monoisotopic (exact) mass is 171 g/mol. The van der Waals surface area contributed by atoms with Crippen LogP contribution in [0.25, 0.3) is 0 Å². The van der Waals surface area contributed by atoms with Crippen LogP contribution in [0.2, 0.25) is 0 Å². The van der Waals surface area contributed by atoms with Crippen LogP contribution >= 0.6 is 0 Å². The molecule has 1 aromatic heterocycles. The number of nitrogens with one attached hydrogen (secondary N) is 1. The molecule has 1 heterocycles. The first kappa shape index (κ1) is 8.70. The lowest BCUT2D eigenvalue weighted by atomic mass is 10.4.